The Hall–Kier alpha value is -12.7. The number of carboxylic acid groups (broad SMARTS) is 4. The van der Waals surface area contributed by atoms with Crippen molar-refractivity contribution in [3.05, 3.63) is 261 Å². The molecule has 0 spiro atoms. The summed E-state index contributed by atoms with van der Waals surface area (Å²) in [6, 6.07) is 49.3. The molecule has 4 aromatic carbocycles. The van der Waals surface area contributed by atoms with E-state index in [1.54, 1.807) is 61.5 Å². The van der Waals surface area contributed by atoms with Gasteiger partial charge in [-0.15, -0.1) is 0 Å². The zero-order valence-electron chi connectivity index (χ0n) is 51.8. The maximum absolute atomic E-state index is 12.7. The number of benzene rings is 4. The van der Waals surface area contributed by atoms with Crippen molar-refractivity contribution in [3.63, 3.8) is 0 Å². The van der Waals surface area contributed by atoms with Gasteiger partial charge in [0.05, 0.1) is 67.8 Å². The summed E-state index contributed by atoms with van der Waals surface area (Å²) in [5.41, 5.74) is 19.6. The lowest BCUT2D eigenvalue weighted by atomic mass is 9.75. The number of aromatic nitrogens is 8. The number of nitrogens with one attached hydrogen (secondary N) is 4. The molecule has 97 heavy (non-hydrogen) atoms. The lowest BCUT2D eigenvalue weighted by molar-refractivity contribution is 0.0686. The van der Waals surface area contributed by atoms with Crippen molar-refractivity contribution in [3.8, 4) is 44.5 Å². The zero-order valence-corrected chi connectivity index (χ0v) is 52.6. The number of carboxylic acids is 4. The zero-order chi connectivity index (χ0) is 67.6. The van der Waals surface area contributed by atoms with E-state index in [2.05, 4.69) is 19.9 Å². The SMILES string of the molecule is CC1=CC(C)(S(=O)(=O)O)C(C2=Cc3cc4ccc(cc5ccc(cc6nc(cc2n3)C=C6)[nH]5)[nH]4)C(C)=C1.O=C(O)c1ccc(-c2c3nc(c(-c4ccc(C(=O)O)cc4)c4ccc([nH]4)c(-c4ccc(C(=O)O)cc4)c4nc(c(-c5ccc(C(=O)O)cc5)c5ccc2[nH]5)C=C4)C=C3)cc1. The van der Waals surface area contributed by atoms with Crippen LogP contribution in [-0.2, 0) is 10.1 Å². The van der Waals surface area contributed by atoms with Crippen LogP contribution >= 0.6 is 0 Å². The number of nitrogens with zero attached hydrogens (tertiary/aromatic N) is 4. The van der Waals surface area contributed by atoms with Crippen molar-refractivity contribution >= 4 is 126 Å². The second-order valence-electron chi connectivity index (χ2n) is 24.0. The highest BCUT2D eigenvalue weighted by Crippen LogP contribution is 2.47. The molecule has 20 heteroatoms. The maximum Gasteiger partial charge on any atom is 0.335 e. The van der Waals surface area contributed by atoms with E-state index in [1.165, 1.54) is 48.5 Å². The number of hydrogen-bond acceptors (Lipinski definition) is 10. The summed E-state index contributed by atoms with van der Waals surface area (Å²) in [5, 5.41) is 38.7. The molecule has 476 valence electrons. The molecule has 10 heterocycles. The second kappa shape index (κ2) is 24.4. The van der Waals surface area contributed by atoms with Gasteiger partial charge in [-0.25, -0.2) is 39.1 Å². The van der Waals surface area contributed by atoms with E-state index in [0.717, 1.165) is 38.9 Å². The average Bonchev–Trinajstić information content (AvgIpc) is 1.73. The molecule has 0 radical (unpaired) electrons. The Balaban J connectivity index is 0.000000186. The summed E-state index contributed by atoms with van der Waals surface area (Å²) in [4.78, 5) is 81.2. The van der Waals surface area contributed by atoms with Gasteiger partial charge in [0, 0.05) is 72.3 Å². The average molecular weight is 1300 g/mol. The first kappa shape index (κ1) is 61.8. The number of aromatic carboxylic acids is 4. The van der Waals surface area contributed by atoms with Crippen LogP contribution in [0.25, 0.3) is 137 Å². The van der Waals surface area contributed by atoms with Crippen LogP contribution in [0.2, 0.25) is 0 Å². The molecule has 10 aromatic rings. The molecule has 0 saturated carbocycles. The summed E-state index contributed by atoms with van der Waals surface area (Å²) in [6.07, 6.45) is 16.8. The van der Waals surface area contributed by atoms with E-state index in [4.69, 9.17) is 19.9 Å². The van der Waals surface area contributed by atoms with Crippen LogP contribution in [-0.4, -0.2) is 102 Å². The summed E-state index contributed by atoms with van der Waals surface area (Å²) in [6.45, 7) is 5.30. The molecule has 0 fully saturated rings. The van der Waals surface area contributed by atoms with Gasteiger partial charge in [0.15, 0.2) is 0 Å². The first-order chi connectivity index (χ1) is 46.6. The number of hydrogen-bond donors (Lipinski definition) is 9. The highest BCUT2D eigenvalue weighted by Gasteiger charge is 2.48. The van der Waals surface area contributed by atoms with E-state index in [0.29, 0.717) is 112 Å². The van der Waals surface area contributed by atoms with Crippen LogP contribution in [0.4, 0.5) is 0 Å². The quantitative estimate of drug-likeness (QED) is 0.0575. The van der Waals surface area contributed by atoms with Crippen molar-refractivity contribution in [2.24, 2.45) is 5.92 Å². The van der Waals surface area contributed by atoms with E-state index in [9.17, 15) is 52.6 Å². The fourth-order valence-electron chi connectivity index (χ4n) is 13.1. The Morgan fingerprint density at radius 3 is 1.09 bits per heavy atom. The highest BCUT2D eigenvalue weighted by molar-refractivity contribution is 7.87. The Morgan fingerprint density at radius 1 is 0.402 bits per heavy atom. The fourth-order valence-corrected chi connectivity index (χ4v) is 14.0. The van der Waals surface area contributed by atoms with Gasteiger partial charge in [0.1, 0.15) is 4.75 Å². The molecule has 0 amide bonds. The molecule has 0 saturated heterocycles. The minimum atomic E-state index is -4.45. The maximum atomic E-state index is 12.7. The topological polar surface area (TPSA) is 318 Å². The van der Waals surface area contributed by atoms with E-state index >= 15 is 0 Å². The van der Waals surface area contributed by atoms with Crippen molar-refractivity contribution in [1.82, 2.24) is 39.9 Å². The van der Waals surface area contributed by atoms with Crippen LogP contribution in [0.1, 0.15) is 108 Å². The Labute approximate surface area is 552 Å². The molecular weight excluding hydrogens is 1240 g/mol. The van der Waals surface area contributed by atoms with E-state index < -0.39 is 44.7 Å². The monoisotopic (exact) mass is 1300 g/mol. The second-order valence-corrected chi connectivity index (χ2v) is 25.9. The predicted molar refractivity (Wildman–Crippen MR) is 377 cm³/mol. The van der Waals surface area contributed by atoms with Crippen molar-refractivity contribution < 1.29 is 52.6 Å². The van der Waals surface area contributed by atoms with Crippen molar-refractivity contribution in [1.29, 1.82) is 0 Å². The van der Waals surface area contributed by atoms with Crippen LogP contribution in [0.15, 0.2) is 193 Å². The summed E-state index contributed by atoms with van der Waals surface area (Å²) in [5.74, 6) is -4.88. The Kier molecular flexibility index (Phi) is 15.5. The molecule has 5 aliphatic rings. The molecule has 4 aliphatic heterocycles. The molecule has 16 bridgehead atoms. The fraction of sp³-hybridized carbons (Fsp3) is 0.0649. The van der Waals surface area contributed by atoms with Gasteiger partial charge in [-0.3, -0.25) is 4.55 Å². The number of aromatic amines is 4. The highest BCUT2D eigenvalue weighted by atomic mass is 32.2. The lowest BCUT2D eigenvalue weighted by Crippen LogP contribution is -2.43. The normalized spacial score (nSPS) is 15.4. The lowest BCUT2D eigenvalue weighted by Gasteiger charge is -2.37. The molecule has 19 nitrogen and oxygen atoms in total. The van der Waals surface area contributed by atoms with Gasteiger partial charge in [-0.05, 0) is 212 Å². The van der Waals surface area contributed by atoms with Gasteiger partial charge in [-0.1, -0.05) is 71.8 Å². The van der Waals surface area contributed by atoms with Crippen molar-refractivity contribution in [2.75, 3.05) is 0 Å². The largest absolute Gasteiger partial charge is 0.478 e. The molecule has 9 N–H and O–H groups in total. The molecule has 15 rings (SSSR count). The molecular formula is C77H56N8O11S. The summed E-state index contributed by atoms with van der Waals surface area (Å²) >= 11 is 0. The first-order valence-corrected chi connectivity index (χ1v) is 32.0. The third-order valence-corrected chi connectivity index (χ3v) is 19.0. The Morgan fingerprint density at radius 2 is 0.742 bits per heavy atom. The van der Waals surface area contributed by atoms with Crippen LogP contribution in [0, 0.1) is 5.92 Å². The van der Waals surface area contributed by atoms with E-state index in [1.807, 2.05) is 135 Å². The van der Waals surface area contributed by atoms with E-state index in [-0.39, 0.29) is 22.3 Å². The van der Waals surface area contributed by atoms with Gasteiger partial charge in [-0.2, -0.15) is 8.42 Å². The number of allylic oxidation sites excluding steroid dienone is 4. The third-order valence-electron chi connectivity index (χ3n) is 17.5. The summed E-state index contributed by atoms with van der Waals surface area (Å²) in [7, 11) is -4.45. The number of rotatable bonds is 10. The van der Waals surface area contributed by atoms with Crippen LogP contribution in [0.5, 0.6) is 0 Å². The smallest absolute Gasteiger partial charge is 0.335 e. The molecule has 2 unspecified atom stereocenters. The van der Waals surface area contributed by atoms with Gasteiger partial charge < -0.3 is 40.4 Å². The van der Waals surface area contributed by atoms with Gasteiger partial charge in [0.2, 0.25) is 0 Å². The first-order valence-electron chi connectivity index (χ1n) is 30.5. The van der Waals surface area contributed by atoms with Gasteiger partial charge >= 0.3 is 23.9 Å². The van der Waals surface area contributed by atoms with Gasteiger partial charge in [0.25, 0.3) is 10.1 Å². The standard InChI is InChI=1S/C48H30N4O8.C29H26N4O3S/c53-45(54)29-9-1-25(2-10-29)41-33-17-19-35(49-33)42(26-3-11-30(12-4-26)46(55)56)37-21-23-39(51-37)44(28-7-15-32(16-8-28)48(59)60)40-24-22-38(52-40)43(36-20-18-34(41)50-36)27-5-13-31(14-6-27)47(57)58;1-17-10-18(2)28(29(3,16-17)37(34,35)36)26-14-25-13-23-7-6-21(31-23)11-19-4-5-20(30-19)12-22-8-9-24(32-22)15-27(26)33-25/h1-24,49,52H,(H,53,54)(H,55,56)(H,57,58)(H,59,60);4-16,28,30-31H,1-3H3,(H,34,35,36). The number of fused-ring (bicyclic) bond motifs is 16. The summed E-state index contributed by atoms with van der Waals surface area (Å²) < 4.78 is 34.3. The molecule has 2 atom stereocenters. The predicted octanol–water partition coefficient (Wildman–Crippen LogP) is 16.3. The van der Waals surface area contributed by atoms with Crippen LogP contribution < -0.4 is 0 Å². The third kappa shape index (κ3) is 12.0. The van der Waals surface area contributed by atoms with Crippen molar-refractivity contribution in [2.45, 2.75) is 25.5 Å². The minimum Gasteiger partial charge on any atom is -0.478 e. The Bertz CT molecular complexity index is 5290. The van der Waals surface area contributed by atoms with Crippen LogP contribution in [0.3, 0.4) is 0 Å². The number of carbonyl (C=O) groups is 4. The number of H-pyrrole nitrogens is 4. The molecule has 6 aromatic heterocycles. The molecule has 1 aliphatic carbocycles. The minimum absolute atomic E-state index is 0.117.